The minimum atomic E-state index is 1.10. The molecule has 0 aliphatic rings. The molecular weight excluding hydrogens is 653 g/mol. The minimum Gasteiger partial charge on any atom is -0.309 e. The summed E-state index contributed by atoms with van der Waals surface area (Å²) in [4.78, 5) is 2.43. The van der Waals surface area contributed by atoms with Crippen molar-refractivity contribution in [3.8, 4) is 39.1 Å². The lowest BCUT2D eigenvalue weighted by atomic mass is 9.94. The molecule has 10 rings (SSSR count). The highest BCUT2D eigenvalue weighted by Gasteiger charge is 2.22. The van der Waals surface area contributed by atoms with Crippen molar-refractivity contribution in [2.24, 2.45) is 0 Å². The van der Waals surface area contributed by atoms with Gasteiger partial charge in [0.15, 0.2) is 0 Å². The van der Waals surface area contributed by atoms with Crippen LogP contribution >= 0.6 is 0 Å². The Bertz CT molecular complexity index is 2870. The zero-order valence-corrected chi connectivity index (χ0v) is 29.7. The number of rotatable bonds is 7. The molecule has 1 aromatic heterocycles. The Balaban J connectivity index is 1.20. The van der Waals surface area contributed by atoms with Gasteiger partial charge in [0.05, 0.1) is 28.1 Å². The maximum absolute atomic E-state index is 2.43. The molecule has 10 aromatic rings. The normalized spacial score (nSPS) is 11.3. The van der Waals surface area contributed by atoms with Crippen LogP contribution in [0.1, 0.15) is 0 Å². The van der Waals surface area contributed by atoms with Crippen molar-refractivity contribution < 1.29 is 0 Å². The second kappa shape index (κ2) is 13.4. The Hall–Kier alpha value is -7.16. The molecule has 0 amide bonds. The van der Waals surface area contributed by atoms with E-state index in [2.05, 4.69) is 228 Å². The smallest absolute Gasteiger partial charge is 0.0541 e. The topological polar surface area (TPSA) is 8.17 Å². The Morgan fingerprint density at radius 1 is 0.278 bits per heavy atom. The number of benzene rings is 9. The summed E-state index contributed by atoms with van der Waals surface area (Å²) < 4.78 is 2.43. The Morgan fingerprint density at radius 2 is 0.778 bits per heavy atom. The van der Waals surface area contributed by atoms with Gasteiger partial charge in [-0.05, 0) is 70.1 Å². The summed E-state index contributed by atoms with van der Waals surface area (Å²) in [5, 5.41) is 4.90. The Morgan fingerprint density at radius 3 is 1.46 bits per heavy atom. The first-order chi connectivity index (χ1) is 26.8. The predicted octanol–water partition coefficient (Wildman–Crippen LogP) is 14.4. The maximum Gasteiger partial charge on any atom is 0.0541 e. The third-order valence-corrected chi connectivity index (χ3v) is 10.6. The van der Waals surface area contributed by atoms with Crippen LogP contribution in [0.3, 0.4) is 0 Å². The number of nitrogens with zero attached hydrogens (tertiary/aromatic N) is 2. The summed E-state index contributed by atoms with van der Waals surface area (Å²) in [6.45, 7) is 0. The lowest BCUT2D eigenvalue weighted by molar-refractivity contribution is 1.18. The second-order valence-corrected chi connectivity index (χ2v) is 13.7. The summed E-state index contributed by atoms with van der Waals surface area (Å²) in [5.41, 5.74) is 14.1. The van der Waals surface area contributed by atoms with Gasteiger partial charge in [-0.25, -0.2) is 0 Å². The van der Waals surface area contributed by atoms with E-state index >= 15 is 0 Å². The zero-order valence-electron chi connectivity index (χ0n) is 29.7. The SMILES string of the molecule is c1ccc(-c2ccc(N(c3ccccc3-c3ccccc3)c3ccc(-c4ccccc4-n4c5ccccc5c5ccccc54)c4ccccc34)cc2)cc1. The number of aromatic nitrogens is 1. The Kier molecular flexibility index (Phi) is 7.85. The fourth-order valence-corrected chi connectivity index (χ4v) is 8.16. The van der Waals surface area contributed by atoms with E-state index in [1.807, 2.05) is 0 Å². The fourth-order valence-electron chi connectivity index (χ4n) is 8.16. The van der Waals surface area contributed by atoms with Crippen molar-refractivity contribution in [3.63, 3.8) is 0 Å². The first-order valence-corrected chi connectivity index (χ1v) is 18.5. The summed E-state index contributed by atoms with van der Waals surface area (Å²) in [7, 11) is 0. The average Bonchev–Trinajstić information content (AvgIpc) is 3.59. The molecule has 54 heavy (non-hydrogen) atoms. The first-order valence-electron chi connectivity index (χ1n) is 18.5. The summed E-state index contributed by atoms with van der Waals surface area (Å²) >= 11 is 0. The molecule has 1 heterocycles. The number of hydrogen-bond acceptors (Lipinski definition) is 1. The van der Waals surface area contributed by atoms with Gasteiger partial charge in [0.1, 0.15) is 0 Å². The van der Waals surface area contributed by atoms with Crippen molar-refractivity contribution in [1.82, 2.24) is 4.57 Å². The quantitative estimate of drug-likeness (QED) is 0.162. The summed E-state index contributed by atoms with van der Waals surface area (Å²) in [5.74, 6) is 0. The van der Waals surface area contributed by atoms with E-state index in [1.54, 1.807) is 0 Å². The molecule has 0 radical (unpaired) electrons. The van der Waals surface area contributed by atoms with Crippen molar-refractivity contribution in [2.75, 3.05) is 4.90 Å². The van der Waals surface area contributed by atoms with Crippen LogP contribution in [0.15, 0.2) is 218 Å². The highest BCUT2D eigenvalue weighted by atomic mass is 15.1. The zero-order chi connectivity index (χ0) is 35.8. The van der Waals surface area contributed by atoms with E-state index in [0.29, 0.717) is 0 Å². The standard InChI is InChI=1S/C52H36N2/c1-3-17-37(18-4-1)38-31-33-40(34-32-38)53(48-27-13-9-21-41(48)39-19-5-2-6-20-39)52-36-35-43(42-22-7-8-23-44(42)52)45-24-10-14-28-49(45)54-50-29-15-11-25-46(50)47-26-12-16-30-51(47)54/h1-36H. The number of para-hydroxylation sites is 4. The maximum atomic E-state index is 2.43. The number of hydrogen-bond donors (Lipinski definition) is 0. The lowest BCUT2D eigenvalue weighted by Crippen LogP contribution is -2.12. The van der Waals surface area contributed by atoms with Gasteiger partial charge in [0.2, 0.25) is 0 Å². The molecular formula is C52H36N2. The molecule has 0 saturated heterocycles. The molecule has 254 valence electrons. The van der Waals surface area contributed by atoms with Crippen molar-refractivity contribution >= 4 is 49.6 Å². The highest BCUT2D eigenvalue weighted by molar-refractivity contribution is 6.11. The molecule has 2 heteroatoms. The highest BCUT2D eigenvalue weighted by Crippen LogP contribution is 2.46. The molecule has 0 spiro atoms. The van der Waals surface area contributed by atoms with Gasteiger partial charge in [-0.15, -0.1) is 0 Å². The Labute approximate surface area is 315 Å². The molecule has 0 unspecified atom stereocenters. The van der Waals surface area contributed by atoms with Crippen molar-refractivity contribution in [1.29, 1.82) is 0 Å². The third-order valence-electron chi connectivity index (χ3n) is 10.6. The van der Waals surface area contributed by atoms with Crippen LogP contribution in [-0.4, -0.2) is 4.57 Å². The largest absolute Gasteiger partial charge is 0.309 e. The molecule has 0 fully saturated rings. The monoisotopic (exact) mass is 688 g/mol. The van der Waals surface area contributed by atoms with Crippen LogP contribution in [0, 0.1) is 0 Å². The number of fused-ring (bicyclic) bond motifs is 4. The summed E-state index contributed by atoms with van der Waals surface area (Å²) in [6.07, 6.45) is 0. The average molecular weight is 689 g/mol. The van der Waals surface area contributed by atoms with Gasteiger partial charge in [-0.1, -0.05) is 176 Å². The molecule has 0 aliphatic carbocycles. The van der Waals surface area contributed by atoms with Gasteiger partial charge < -0.3 is 9.47 Å². The van der Waals surface area contributed by atoms with Gasteiger partial charge in [-0.3, -0.25) is 0 Å². The summed E-state index contributed by atoms with van der Waals surface area (Å²) in [6, 6.07) is 78.8. The van der Waals surface area contributed by atoms with Crippen LogP contribution in [-0.2, 0) is 0 Å². The van der Waals surface area contributed by atoms with Gasteiger partial charge in [-0.2, -0.15) is 0 Å². The fraction of sp³-hybridized carbons (Fsp3) is 0. The van der Waals surface area contributed by atoms with Crippen LogP contribution in [0.2, 0.25) is 0 Å². The third kappa shape index (κ3) is 5.36. The van der Waals surface area contributed by atoms with Crippen molar-refractivity contribution in [3.05, 3.63) is 218 Å². The molecule has 0 saturated carbocycles. The minimum absolute atomic E-state index is 1.10. The van der Waals surface area contributed by atoms with Crippen LogP contribution < -0.4 is 4.90 Å². The van der Waals surface area contributed by atoms with E-state index in [1.165, 1.54) is 66.0 Å². The van der Waals surface area contributed by atoms with Gasteiger partial charge >= 0.3 is 0 Å². The molecule has 9 aromatic carbocycles. The molecule has 2 nitrogen and oxygen atoms in total. The lowest BCUT2D eigenvalue weighted by Gasteiger charge is -2.30. The number of anilines is 3. The molecule has 0 N–H and O–H groups in total. The van der Waals surface area contributed by atoms with E-state index in [9.17, 15) is 0 Å². The molecule has 0 atom stereocenters. The van der Waals surface area contributed by atoms with Crippen molar-refractivity contribution in [2.45, 2.75) is 0 Å². The predicted molar refractivity (Wildman–Crippen MR) is 229 cm³/mol. The van der Waals surface area contributed by atoms with E-state index < -0.39 is 0 Å². The van der Waals surface area contributed by atoms with Gasteiger partial charge in [0.25, 0.3) is 0 Å². The first kappa shape index (κ1) is 31.6. The molecule has 0 aliphatic heterocycles. The van der Waals surface area contributed by atoms with Crippen LogP contribution in [0.4, 0.5) is 17.1 Å². The van der Waals surface area contributed by atoms with E-state index in [4.69, 9.17) is 0 Å². The van der Waals surface area contributed by atoms with Crippen LogP contribution in [0.25, 0.3) is 71.6 Å². The van der Waals surface area contributed by atoms with Crippen LogP contribution in [0.5, 0.6) is 0 Å². The van der Waals surface area contributed by atoms with Gasteiger partial charge in [0, 0.05) is 33.0 Å². The van der Waals surface area contributed by atoms with E-state index in [-0.39, 0.29) is 0 Å². The van der Waals surface area contributed by atoms with E-state index in [0.717, 1.165) is 22.7 Å². The second-order valence-electron chi connectivity index (χ2n) is 13.7. The molecule has 0 bridgehead atoms.